The van der Waals surface area contributed by atoms with Crippen LogP contribution >= 0.6 is 11.6 Å². The van der Waals surface area contributed by atoms with E-state index in [2.05, 4.69) is 15.1 Å². The Morgan fingerprint density at radius 1 is 1.24 bits per heavy atom. The number of aryl methyl sites for hydroxylation is 1. The lowest BCUT2D eigenvalue weighted by molar-refractivity contribution is -0.144. The molecular weight excluding hydrogens is 461 g/mol. The highest BCUT2D eigenvalue weighted by Crippen LogP contribution is 2.32. The number of amides is 2. The first kappa shape index (κ1) is 22.0. The molecule has 2 N–H and O–H groups in total. The van der Waals surface area contributed by atoms with Crippen LogP contribution in [0, 0.1) is 11.7 Å². The number of aromatic nitrogens is 4. The fourth-order valence-corrected chi connectivity index (χ4v) is 4.11. The van der Waals surface area contributed by atoms with Gasteiger partial charge in [-0.05, 0) is 37.1 Å². The molecule has 1 aliphatic carbocycles. The molecule has 0 bridgehead atoms. The quantitative estimate of drug-likeness (QED) is 0.448. The minimum atomic E-state index is -0.660. The van der Waals surface area contributed by atoms with Crippen molar-refractivity contribution in [2.45, 2.75) is 19.4 Å². The lowest BCUT2D eigenvalue weighted by Crippen LogP contribution is -2.47. The second-order valence-electron chi connectivity index (χ2n) is 8.34. The first-order valence-electron chi connectivity index (χ1n) is 10.6. The Morgan fingerprint density at radius 2 is 2.00 bits per heavy atom. The highest BCUT2D eigenvalue weighted by molar-refractivity contribution is 6.30. The number of nitrogen functional groups attached to an aromatic ring is 1. The number of rotatable bonds is 4. The standard InChI is InChI=1S/C23H21ClFN7O2/c1-30-20-15-7-13(5-6-18(15)29-21(26)16(20)10-28-30)23(34)32(31(2)22(33)12-3-4-12)11-19-17(25)8-14(24)9-27-19/h5-10,12H,3-4,11H2,1-2H3,(H2,26,29). The van der Waals surface area contributed by atoms with E-state index in [4.69, 9.17) is 17.3 Å². The van der Waals surface area contributed by atoms with Crippen LogP contribution in [0.2, 0.25) is 5.02 Å². The van der Waals surface area contributed by atoms with Gasteiger partial charge in [-0.15, -0.1) is 0 Å². The summed E-state index contributed by atoms with van der Waals surface area (Å²) in [5.41, 5.74) is 7.69. The number of nitrogens with zero attached hydrogens (tertiary/aromatic N) is 6. The Hall–Kier alpha value is -3.79. The predicted molar refractivity (Wildman–Crippen MR) is 125 cm³/mol. The smallest absolute Gasteiger partial charge is 0.272 e. The number of pyridine rings is 2. The molecule has 5 rings (SSSR count). The number of benzene rings is 1. The van der Waals surface area contributed by atoms with Crippen LogP contribution in [0.3, 0.4) is 0 Å². The summed E-state index contributed by atoms with van der Waals surface area (Å²) in [6.07, 6.45) is 4.45. The third kappa shape index (κ3) is 3.79. The predicted octanol–water partition coefficient (Wildman–Crippen LogP) is 3.32. The molecule has 0 spiro atoms. The molecule has 1 saturated carbocycles. The van der Waals surface area contributed by atoms with Crippen LogP contribution in [-0.2, 0) is 18.4 Å². The average Bonchev–Trinajstić information content (AvgIpc) is 3.59. The number of hydrogen-bond donors (Lipinski definition) is 1. The molecule has 3 heterocycles. The topological polar surface area (TPSA) is 110 Å². The van der Waals surface area contributed by atoms with Crippen molar-refractivity contribution < 1.29 is 14.0 Å². The van der Waals surface area contributed by atoms with Crippen LogP contribution in [0.15, 0.2) is 36.7 Å². The highest BCUT2D eigenvalue weighted by Gasteiger charge is 2.36. The summed E-state index contributed by atoms with van der Waals surface area (Å²) in [6, 6.07) is 6.10. The molecule has 1 aliphatic rings. The van der Waals surface area contributed by atoms with Crippen molar-refractivity contribution in [2.24, 2.45) is 13.0 Å². The number of hydrazine groups is 1. The minimum absolute atomic E-state index is 0.00236. The molecule has 9 nitrogen and oxygen atoms in total. The van der Waals surface area contributed by atoms with Crippen molar-refractivity contribution in [2.75, 3.05) is 12.8 Å². The Labute approximate surface area is 198 Å². The van der Waals surface area contributed by atoms with Crippen molar-refractivity contribution in [3.8, 4) is 0 Å². The first-order chi connectivity index (χ1) is 16.2. The van der Waals surface area contributed by atoms with E-state index >= 15 is 0 Å². The van der Waals surface area contributed by atoms with Crippen LogP contribution in [0.5, 0.6) is 0 Å². The van der Waals surface area contributed by atoms with Crippen LogP contribution in [0.25, 0.3) is 21.8 Å². The van der Waals surface area contributed by atoms with Gasteiger partial charge >= 0.3 is 0 Å². The molecule has 174 valence electrons. The van der Waals surface area contributed by atoms with E-state index in [0.717, 1.165) is 24.4 Å². The summed E-state index contributed by atoms with van der Waals surface area (Å²) in [4.78, 5) is 34.9. The monoisotopic (exact) mass is 481 g/mol. The molecule has 11 heteroatoms. The maximum atomic E-state index is 14.5. The van der Waals surface area contributed by atoms with E-state index in [-0.39, 0.29) is 29.1 Å². The maximum Gasteiger partial charge on any atom is 0.272 e. The third-order valence-corrected chi connectivity index (χ3v) is 6.19. The summed E-state index contributed by atoms with van der Waals surface area (Å²) < 4.78 is 16.2. The molecular formula is C23H21ClFN7O2. The molecule has 2 amide bonds. The van der Waals surface area contributed by atoms with Gasteiger partial charge in [0.05, 0.1) is 39.9 Å². The largest absolute Gasteiger partial charge is 0.383 e. The number of anilines is 1. The zero-order valence-corrected chi connectivity index (χ0v) is 19.3. The molecule has 3 aromatic heterocycles. The fourth-order valence-electron chi connectivity index (χ4n) is 3.97. The molecule has 0 radical (unpaired) electrons. The van der Waals surface area contributed by atoms with Crippen LogP contribution in [0.1, 0.15) is 28.9 Å². The number of carbonyl (C=O) groups excluding carboxylic acids is 2. The van der Waals surface area contributed by atoms with Gasteiger partial charge in [0.2, 0.25) is 5.91 Å². The Kier molecular flexibility index (Phi) is 5.32. The summed E-state index contributed by atoms with van der Waals surface area (Å²) in [5.74, 6) is -1.14. The zero-order valence-electron chi connectivity index (χ0n) is 18.5. The molecule has 1 aromatic carbocycles. The van der Waals surface area contributed by atoms with E-state index in [1.807, 2.05) is 0 Å². The van der Waals surface area contributed by atoms with Crippen molar-refractivity contribution in [1.29, 1.82) is 0 Å². The van der Waals surface area contributed by atoms with Crippen LogP contribution in [-0.4, -0.2) is 48.6 Å². The van der Waals surface area contributed by atoms with Gasteiger partial charge in [0, 0.05) is 37.2 Å². The van der Waals surface area contributed by atoms with Gasteiger partial charge in [0.1, 0.15) is 11.6 Å². The van der Waals surface area contributed by atoms with Crippen molar-refractivity contribution >= 4 is 51.0 Å². The normalized spacial score (nSPS) is 13.4. The second kappa shape index (κ2) is 8.21. The van der Waals surface area contributed by atoms with E-state index < -0.39 is 11.7 Å². The number of hydrogen-bond acceptors (Lipinski definition) is 6. The molecule has 0 atom stereocenters. The highest BCUT2D eigenvalue weighted by atomic mass is 35.5. The van der Waals surface area contributed by atoms with Crippen LogP contribution in [0.4, 0.5) is 10.2 Å². The van der Waals surface area contributed by atoms with Gasteiger partial charge in [-0.1, -0.05) is 11.6 Å². The Bertz CT molecular complexity index is 1470. The number of halogens is 2. The van der Waals surface area contributed by atoms with Gasteiger partial charge in [0.15, 0.2) is 0 Å². The van der Waals surface area contributed by atoms with E-state index in [1.54, 1.807) is 36.1 Å². The molecule has 0 aliphatic heterocycles. The number of fused-ring (bicyclic) bond motifs is 3. The van der Waals surface area contributed by atoms with Crippen molar-refractivity contribution in [3.63, 3.8) is 0 Å². The maximum absolute atomic E-state index is 14.5. The third-order valence-electron chi connectivity index (χ3n) is 5.98. The molecule has 1 fully saturated rings. The SMILES string of the molecule is CN(C(=O)C1CC1)N(Cc1ncc(Cl)cc1F)C(=O)c1ccc2nc(N)c3cnn(C)c3c2c1. The summed E-state index contributed by atoms with van der Waals surface area (Å²) in [7, 11) is 3.29. The second-order valence-corrected chi connectivity index (χ2v) is 8.78. The number of carbonyl (C=O) groups is 2. The fraction of sp³-hybridized carbons (Fsp3) is 0.261. The summed E-state index contributed by atoms with van der Waals surface area (Å²) >= 11 is 5.82. The van der Waals surface area contributed by atoms with Crippen LogP contribution < -0.4 is 5.73 Å². The first-order valence-corrected chi connectivity index (χ1v) is 11.0. The van der Waals surface area contributed by atoms with Gasteiger partial charge in [-0.25, -0.2) is 14.4 Å². The van der Waals surface area contributed by atoms with Gasteiger partial charge in [0.25, 0.3) is 5.91 Å². The Balaban J connectivity index is 1.58. The molecule has 34 heavy (non-hydrogen) atoms. The number of nitrogens with two attached hydrogens (primary N) is 1. The van der Waals surface area contributed by atoms with Gasteiger partial charge in [-0.2, -0.15) is 5.10 Å². The Morgan fingerprint density at radius 3 is 2.71 bits per heavy atom. The zero-order chi connectivity index (χ0) is 24.1. The van der Waals surface area contributed by atoms with E-state index in [1.165, 1.54) is 23.3 Å². The van der Waals surface area contributed by atoms with E-state index in [9.17, 15) is 14.0 Å². The van der Waals surface area contributed by atoms with Gasteiger partial charge < -0.3 is 5.73 Å². The minimum Gasteiger partial charge on any atom is -0.383 e. The van der Waals surface area contributed by atoms with Gasteiger partial charge in [-0.3, -0.25) is 24.3 Å². The van der Waals surface area contributed by atoms with E-state index in [0.29, 0.717) is 27.7 Å². The van der Waals surface area contributed by atoms with Crippen molar-refractivity contribution in [1.82, 2.24) is 29.8 Å². The molecule has 0 unspecified atom stereocenters. The van der Waals surface area contributed by atoms with Crippen molar-refractivity contribution in [3.05, 3.63) is 58.8 Å². The molecule has 4 aromatic rings. The lowest BCUT2D eigenvalue weighted by Gasteiger charge is -2.32. The average molecular weight is 482 g/mol. The summed E-state index contributed by atoms with van der Waals surface area (Å²) in [5, 5.41) is 8.20. The summed E-state index contributed by atoms with van der Waals surface area (Å²) in [6.45, 7) is -0.240. The molecule has 0 saturated heterocycles. The lowest BCUT2D eigenvalue weighted by atomic mass is 10.1.